The van der Waals surface area contributed by atoms with E-state index in [0.29, 0.717) is 0 Å². The van der Waals surface area contributed by atoms with Crippen LogP contribution in [0, 0.1) is 0 Å². The summed E-state index contributed by atoms with van der Waals surface area (Å²) in [6.45, 7) is 2.21. The highest BCUT2D eigenvalue weighted by atomic mass is 16.4. The number of hydrogen-bond donors (Lipinski definition) is 2. The first-order chi connectivity index (χ1) is 11.1. The van der Waals surface area contributed by atoms with Crippen LogP contribution in [0.1, 0.15) is 91.8 Å². The molecular formula is C19H28O4. The number of unbranched alkanes of at least 4 members (excludes halogenated alkanes) is 8. The lowest BCUT2D eigenvalue weighted by atomic mass is 9.98. The molecule has 1 rings (SSSR count). The molecular weight excluding hydrogens is 292 g/mol. The molecule has 0 spiro atoms. The van der Waals surface area contributed by atoms with E-state index in [9.17, 15) is 14.7 Å². The van der Waals surface area contributed by atoms with E-state index < -0.39 is 5.97 Å². The lowest BCUT2D eigenvalue weighted by molar-refractivity contribution is 0.0691. The number of ketones is 1. The van der Waals surface area contributed by atoms with Crippen molar-refractivity contribution in [1.82, 2.24) is 0 Å². The van der Waals surface area contributed by atoms with Crippen LogP contribution in [0.5, 0.6) is 5.75 Å². The molecule has 0 saturated carbocycles. The number of aromatic hydroxyl groups is 1. The number of phenolic OH excluding ortho intramolecular Hbond substituents is 1. The molecule has 0 bridgehead atoms. The fourth-order valence-electron chi connectivity index (χ4n) is 2.73. The first-order valence-corrected chi connectivity index (χ1v) is 8.66. The quantitative estimate of drug-likeness (QED) is 0.410. The normalized spacial score (nSPS) is 10.7. The maximum Gasteiger partial charge on any atom is 0.336 e. The molecule has 1 aromatic carbocycles. The van der Waals surface area contributed by atoms with Crippen LogP contribution < -0.4 is 0 Å². The van der Waals surface area contributed by atoms with Crippen LogP contribution in [0.4, 0.5) is 0 Å². The zero-order valence-electron chi connectivity index (χ0n) is 14.0. The van der Waals surface area contributed by atoms with Crippen molar-refractivity contribution in [3.8, 4) is 5.75 Å². The number of phenols is 1. The molecule has 0 unspecified atom stereocenters. The van der Waals surface area contributed by atoms with Gasteiger partial charge < -0.3 is 10.2 Å². The van der Waals surface area contributed by atoms with Crippen LogP contribution in [0.2, 0.25) is 0 Å². The molecule has 0 aliphatic carbocycles. The molecule has 128 valence electrons. The molecule has 0 saturated heterocycles. The van der Waals surface area contributed by atoms with E-state index in [1.165, 1.54) is 56.7 Å². The Kier molecular flexibility index (Phi) is 9.03. The molecule has 0 heterocycles. The first-order valence-electron chi connectivity index (χ1n) is 8.66. The van der Waals surface area contributed by atoms with Gasteiger partial charge in [-0.2, -0.15) is 0 Å². The Bertz CT molecular complexity index is 508. The zero-order valence-corrected chi connectivity index (χ0v) is 14.0. The van der Waals surface area contributed by atoms with Crippen molar-refractivity contribution < 1.29 is 19.8 Å². The minimum absolute atomic E-state index is 0.0560. The SMILES string of the molecule is CCCCCCCCCCCC(=O)c1c(O)cccc1C(=O)O. The number of rotatable bonds is 12. The summed E-state index contributed by atoms with van der Waals surface area (Å²) in [6.07, 6.45) is 10.7. The Hall–Kier alpha value is -1.84. The van der Waals surface area contributed by atoms with Gasteiger partial charge in [0.25, 0.3) is 0 Å². The van der Waals surface area contributed by atoms with Gasteiger partial charge >= 0.3 is 5.97 Å². The molecule has 4 nitrogen and oxygen atoms in total. The van der Waals surface area contributed by atoms with Gasteiger partial charge in [-0.15, -0.1) is 0 Å². The highest BCUT2D eigenvalue weighted by molar-refractivity contribution is 6.07. The predicted molar refractivity (Wildman–Crippen MR) is 91.2 cm³/mol. The fourth-order valence-corrected chi connectivity index (χ4v) is 2.73. The third-order valence-electron chi connectivity index (χ3n) is 4.06. The molecule has 0 aliphatic heterocycles. The highest BCUT2D eigenvalue weighted by Gasteiger charge is 2.19. The Morgan fingerprint density at radius 2 is 1.48 bits per heavy atom. The van der Waals surface area contributed by atoms with Gasteiger partial charge in [0.15, 0.2) is 5.78 Å². The van der Waals surface area contributed by atoms with Crippen molar-refractivity contribution in [1.29, 1.82) is 0 Å². The molecule has 0 aliphatic rings. The lowest BCUT2D eigenvalue weighted by Crippen LogP contribution is -2.09. The molecule has 0 aromatic heterocycles. The zero-order chi connectivity index (χ0) is 17.1. The van der Waals surface area contributed by atoms with Gasteiger partial charge in [0.1, 0.15) is 5.75 Å². The topological polar surface area (TPSA) is 74.6 Å². The standard InChI is InChI=1S/C19H28O4/c1-2-3-4-5-6-7-8-9-10-13-16(20)18-15(19(22)23)12-11-14-17(18)21/h11-12,14,21H,2-10,13H2,1H3,(H,22,23). The number of carboxylic acids is 1. The number of carboxylic acid groups (broad SMARTS) is 1. The third kappa shape index (κ3) is 6.85. The summed E-state index contributed by atoms with van der Waals surface area (Å²) in [4.78, 5) is 23.3. The lowest BCUT2D eigenvalue weighted by Gasteiger charge is -2.07. The minimum atomic E-state index is -1.18. The average molecular weight is 320 g/mol. The van der Waals surface area contributed by atoms with Gasteiger partial charge in [-0.05, 0) is 18.6 Å². The predicted octanol–water partition coefficient (Wildman–Crippen LogP) is 5.19. The second-order valence-corrected chi connectivity index (χ2v) is 6.01. The Morgan fingerprint density at radius 1 is 0.913 bits per heavy atom. The van der Waals surface area contributed by atoms with Crippen molar-refractivity contribution in [3.05, 3.63) is 29.3 Å². The van der Waals surface area contributed by atoms with E-state index in [-0.39, 0.29) is 29.1 Å². The van der Waals surface area contributed by atoms with Crippen LogP contribution in [0.3, 0.4) is 0 Å². The maximum atomic E-state index is 12.2. The van der Waals surface area contributed by atoms with Gasteiger partial charge in [-0.1, -0.05) is 64.4 Å². The second-order valence-electron chi connectivity index (χ2n) is 6.01. The Labute approximate surface area is 138 Å². The number of aromatic carboxylic acids is 1. The molecule has 2 N–H and O–H groups in total. The second kappa shape index (κ2) is 10.8. The van der Waals surface area contributed by atoms with Gasteiger partial charge in [0.05, 0.1) is 11.1 Å². The summed E-state index contributed by atoms with van der Waals surface area (Å²) in [5.74, 6) is -1.72. The molecule has 0 fully saturated rings. The van der Waals surface area contributed by atoms with Crippen LogP contribution in [-0.4, -0.2) is 22.0 Å². The Balaban J connectivity index is 2.31. The number of Topliss-reactive ketones (excluding diaryl/α,β-unsaturated/α-hetero) is 1. The molecule has 4 heteroatoms. The largest absolute Gasteiger partial charge is 0.507 e. The van der Waals surface area contributed by atoms with E-state index in [4.69, 9.17) is 5.11 Å². The van der Waals surface area contributed by atoms with E-state index in [1.807, 2.05) is 0 Å². The number of hydrogen-bond acceptors (Lipinski definition) is 3. The monoisotopic (exact) mass is 320 g/mol. The van der Waals surface area contributed by atoms with E-state index >= 15 is 0 Å². The van der Waals surface area contributed by atoms with E-state index in [1.54, 1.807) is 0 Å². The van der Waals surface area contributed by atoms with Crippen molar-refractivity contribution in [2.24, 2.45) is 0 Å². The maximum absolute atomic E-state index is 12.2. The van der Waals surface area contributed by atoms with Gasteiger partial charge in [-0.3, -0.25) is 4.79 Å². The molecule has 0 radical (unpaired) electrons. The third-order valence-corrected chi connectivity index (χ3v) is 4.06. The number of benzene rings is 1. The Morgan fingerprint density at radius 3 is 2.04 bits per heavy atom. The molecule has 0 atom stereocenters. The molecule has 1 aromatic rings. The summed E-state index contributed by atoms with van der Waals surface area (Å²) >= 11 is 0. The summed E-state index contributed by atoms with van der Waals surface area (Å²) in [6, 6.07) is 4.15. The minimum Gasteiger partial charge on any atom is -0.507 e. The van der Waals surface area contributed by atoms with Crippen LogP contribution in [-0.2, 0) is 0 Å². The van der Waals surface area contributed by atoms with Gasteiger partial charge in [0, 0.05) is 6.42 Å². The van der Waals surface area contributed by atoms with Crippen molar-refractivity contribution in [2.45, 2.75) is 71.1 Å². The molecule has 0 amide bonds. The fraction of sp³-hybridized carbons (Fsp3) is 0.579. The summed E-state index contributed by atoms with van der Waals surface area (Å²) in [5, 5.41) is 18.9. The van der Waals surface area contributed by atoms with Crippen molar-refractivity contribution in [3.63, 3.8) is 0 Å². The van der Waals surface area contributed by atoms with Gasteiger partial charge in [0.2, 0.25) is 0 Å². The van der Waals surface area contributed by atoms with Crippen LogP contribution in [0.25, 0.3) is 0 Å². The summed E-state index contributed by atoms with van der Waals surface area (Å²) in [5.41, 5.74) is -0.175. The van der Waals surface area contributed by atoms with Crippen molar-refractivity contribution in [2.75, 3.05) is 0 Å². The number of carbonyl (C=O) groups excluding carboxylic acids is 1. The average Bonchev–Trinajstić information content (AvgIpc) is 2.52. The molecule has 23 heavy (non-hydrogen) atoms. The number of carbonyl (C=O) groups is 2. The smallest absolute Gasteiger partial charge is 0.336 e. The first kappa shape index (κ1) is 19.2. The van der Waals surface area contributed by atoms with Crippen molar-refractivity contribution >= 4 is 11.8 Å². The van der Waals surface area contributed by atoms with Crippen LogP contribution >= 0.6 is 0 Å². The van der Waals surface area contributed by atoms with E-state index in [2.05, 4.69) is 6.92 Å². The highest BCUT2D eigenvalue weighted by Crippen LogP contribution is 2.24. The summed E-state index contributed by atoms with van der Waals surface area (Å²) in [7, 11) is 0. The van der Waals surface area contributed by atoms with E-state index in [0.717, 1.165) is 19.3 Å². The van der Waals surface area contributed by atoms with Gasteiger partial charge in [-0.25, -0.2) is 4.79 Å². The summed E-state index contributed by atoms with van der Waals surface area (Å²) < 4.78 is 0. The van der Waals surface area contributed by atoms with Crippen LogP contribution in [0.15, 0.2) is 18.2 Å².